The summed E-state index contributed by atoms with van der Waals surface area (Å²) in [5.41, 5.74) is 0. The Bertz CT molecular complexity index is 487. The second-order valence-corrected chi connectivity index (χ2v) is 9.42. The molecule has 1 amide bonds. The van der Waals surface area contributed by atoms with Crippen LogP contribution < -0.4 is 5.32 Å². The number of rotatable bonds is 4. The van der Waals surface area contributed by atoms with Gasteiger partial charge in [0.15, 0.2) is 9.84 Å². The minimum absolute atomic E-state index is 0.0248. The van der Waals surface area contributed by atoms with Gasteiger partial charge in [0, 0.05) is 6.04 Å². The summed E-state index contributed by atoms with van der Waals surface area (Å²) in [7, 11) is -3.00. The number of nitrogens with one attached hydrogen (secondary N) is 1. The van der Waals surface area contributed by atoms with Gasteiger partial charge in [0.2, 0.25) is 5.91 Å². The molecule has 2 aliphatic rings. The summed E-state index contributed by atoms with van der Waals surface area (Å²) < 4.78 is 23.8. The highest BCUT2D eigenvalue weighted by Gasteiger charge is 2.45. The molecule has 0 saturated carbocycles. The number of amides is 1. The molecule has 2 aliphatic heterocycles. The normalized spacial score (nSPS) is 33.1. The second-order valence-electron chi connectivity index (χ2n) is 7.19. The lowest BCUT2D eigenvalue weighted by molar-refractivity contribution is -0.132. The van der Waals surface area contributed by atoms with Crippen LogP contribution in [0.1, 0.15) is 47.0 Å². The summed E-state index contributed by atoms with van der Waals surface area (Å²) in [5.74, 6) is 1.15. The standard InChI is InChI=1S/C15H28N2O3S/c1-10(2)8-13-16-14(11(3)4)15(18)17(13)12-6-5-7-21(19,20)9-12/h10-14,16H,5-9H2,1-4H3. The minimum Gasteiger partial charge on any atom is -0.322 e. The van der Waals surface area contributed by atoms with Crippen LogP contribution in [0.25, 0.3) is 0 Å². The van der Waals surface area contributed by atoms with Crippen molar-refractivity contribution in [1.82, 2.24) is 10.2 Å². The molecule has 0 aromatic rings. The van der Waals surface area contributed by atoms with Crippen LogP contribution in [0, 0.1) is 11.8 Å². The predicted octanol–water partition coefficient (Wildman–Crippen LogP) is 1.39. The lowest BCUT2D eigenvalue weighted by Crippen LogP contribution is -2.50. The van der Waals surface area contributed by atoms with Crippen molar-refractivity contribution in [3.63, 3.8) is 0 Å². The number of carbonyl (C=O) groups excluding carboxylic acids is 1. The molecule has 2 saturated heterocycles. The fourth-order valence-corrected chi connectivity index (χ4v) is 5.12. The first-order valence-corrected chi connectivity index (χ1v) is 9.82. The molecule has 2 heterocycles. The predicted molar refractivity (Wildman–Crippen MR) is 83.5 cm³/mol. The van der Waals surface area contributed by atoms with Crippen LogP contribution in [0.2, 0.25) is 0 Å². The third kappa shape index (κ3) is 3.77. The average molecular weight is 316 g/mol. The summed E-state index contributed by atoms with van der Waals surface area (Å²) in [5, 5.41) is 3.43. The smallest absolute Gasteiger partial charge is 0.241 e. The van der Waals surface area contributed by atoms with E-state index in [9.17, 15) is 13.2 Å². The van der Waals surface area contributed by atoms with E-state index in [1.807, 2.05) is 18.7 Å². The Balaban J connectivity index is 2.21. The van der Waals surface area contributed by atoms with Gasteiger partial charge in [-0.05, 0) is 31.1 Å². The highest BCUT2D eigenvalue weighted by molar-refractivity contribution is 7.91. The Kier molecular flexibility index (Phi) is 4.98. The van der Waals surface area contributed by atoms with Crippen molar-refractivity contribution in [2.45, 2.75) is 65.2 Å². The van der Waals surface area contributed by atoms with Crippen molar-refractivity contribution < 1.29 is 13.2 Å². The molecule has 0 aromatic heterocycles. The maximum Gasteiger partial charge on any atom is 0.241 e. The monoisotopic (exact) mass is 316 g/mol. The molecule has 0 aromatic carbocycles. The number of hydrogen-bond donors (Lipinski definition) is 1. The summed E-state index contributed by atoms with van der Waals surface area (Å²) in [6.45, 7) is 8.32. The number of nitrogens with zero attached hydrogens (tertiary/aromatic N) is 1. The van der Waals surface area contributed by atoms with Crippen molar-refractivity contribution in [1.29, 1.82) is 0 Å². The number of sulfone groups is 1. The molecule has 3 atom stereocenters. The van der Waals surface area contributed by atoms with Gasteiger partial charge in [0.05, 0.1) is 23.7 Å². The number of carbonyl (C=O) groups is 1. The zero-order chi connectivity index (χ0) is 15.8. The Morgan fingerprint density at radius 3 is 2.48 bits per heavy atom. The second kappa shape index (κ2) is 6.24. The SMILES string of the molecule is CC(C)CC1NC(C(C)C)C(=O)N1C1CCCS(=O)(=O)C1. The molecule has 2 fully saturated rings. The maximum atomic E-state index is 12.7. The van der Waals surface area contributed by atoms with Crippen molar-refractivity contribution in [2.75, 3.05) is 11.5 Å². The van der Waals surface area contributed by atoms with Gasteiger partial charge in [-0.15, -0.1) is 0 Å². The van der Waals surface area contributed by atoms with E-state index in [0.717, 1.165) is 12.8 Å². The molecule has 3 unspecified atom stereocenters. The van der Waals surface area contributed by atoms with Gasteiger partial charge in [-0.2, -0.15) is 0 Å². The summed E-state index contributed by atoms with van der Waals surface area (Å²) in [4.78, 5) is 14.6. The molecule has 6 heteroatoms. The van der Waals surface area contributed by atoms with E-state index >= 15 is 0 Å². The van der Waals surface area contributed by atoms with Gasteiger partial charge >= 0.3 is 0 Å². The van der Waals surface area contributed by atoms with Crippen molar-refractivity contribution in [3.8, 4) is 0 Å². The van der Waals surface area contributed by atoms with Gasteiger partial charge in [-0.25, -0.2) is 8.42 Å². The van der Waals surface area contributed by atoms with E-state index < -0.39 is 9.84 Å². The Labute approximate surface area is 128 Å². The highest BCUT2D eigenvalue weighted by atomic mass is 32.2. The van der Waals surface area contributed by atoms with Gasteiger partial charge in [0.1, 0.15) is 0 Å². The summed E-state index contributed by atoms with van der Waals surface area (Å²) in [6.07, 6.45) is 2.30. The Hall–Kier alpha value is -0.620. The van der Waals surface area contributed by atoms with E-state index in [1.165, 1.54) is 0 Å². The lowest BCUT2D eigenvalue weighted by atomic mass is 10.0. The Morgan fingerprint density at radius 1 is 1.29 bits per heavy atom. The lowest BCUT2D eigenvalue weighted by Gasteiger charge is -2.35. The van der Waals surface area contributed by atoms with Crippen LogP contribution in [-0.4, -0.2) is 49.0 Å². The summed E-state index contributed by atoms with van der Waals surface area (Å²) >= 11 is 0. The van der Waals surface area contributed by atoms with Crippen molar-refractivity contribution in [3.05, 3.63) is 0 Å². The molecule has 1 N–H and O–H groups in total. The Morgan fingerprint density at radius 2 is 1.95 bits per heavy atom. The zero-order valence-corrected chi connectivity index (χ0v) is 14.3. The van der Waals surface area contributed by atoms with Crippen LogP contribution >= 0.6 is 0 Å². The average Bonchev–Trinajstić information content (AvgIpc) is 2.64. The van der Waals surface area contributed by atoms with Crippen LogP contribution in [-0.2, 0) is 14.6 Å². The van der Waals surface area contributed by atoms with Gasteiger partial charge in [-0.3, -0.25) is 10.1 Å². The summed E-state index contributed by atoms with van der Waals surface area (Å²) in [6, 6.07) is -0.338. The fraction of sp³-hybridized carbons (Fsp3) is 0.933. The van der Waals surface area contributed by atoms with E-state index in [2.05, 4.69) is 19.2 Å². The van der Waals surface area contributed by atoms with E-state index in [4.69, 9.17) is 0 Å². The molecule has 0 aliphatic carbocycles. The van der Waals surface area contributed by atoms with E-state index in [0.29, 0.717) is 12.3 Å². The van der Waals surface area contributed by atoms with Crippen LogP contribution in [0.3, 0.4) is 0 Å². The molecule has 2 rings (SSSR count). The van der Waals surface area contributed by atoms with Gasteiger partial charge in [0.25, 0.3) is 0 Å². The fourth-order valence-electron chi connectivity index (χ4n) is 3.43. The van der Waals surface area contributed by atoms with Gasteiger partial charge < -0.3 is 4.90 Å². The molecule has 0 bridgehead atoms. The van der Waals surface area contributed by atoms with Crippen molar-refractivity contribution >= 4 is 15.7 Å². The van der Waals surface area contributed by atoms with Crippen LogP contribution in [0.4, 0.5) is 0 Å². The molecule has 122 valence electrons. The van der Waals surface area contributed by atoms with Crippen LogP contribution in [0.15, 0.2) is 0 Å². The topological polar surface area (TPSA) is 66.5 Å². The quantitative estimate of drug-likeness (QED) is 0.851. The molecule has 0 radical (unpaired) electrons. The van der Waals surface area contributed by atoms with Crippen LogP contribution in [0.5, 0.6) is 0 Å². The third-order valence-corrected chi connectivity index (χ3v) is 6.23. The van der Waals surface area contributed by atoms with E-state index in [-0.39, 0.29) is 41.6 Å². The first kappa shape index (κ1) is 16.7. The minimum atomic E-state index is -3.00. The third-order valence-electron chi connectivity index (χ3n) is 4.42. The first-order valence-electron chi connectivity index (χ1n) is 8.00. The highest BCUT2D eigenvalue weighted by Crippen LogP contribution is 2.28. The first-order chi connectivity index (χ1) is 9.71. The largest absolute Gasteiger partial charge is 0.322 e. The maximum absolute atomic E-state index is 12.7. The van der Waals surface area contributed by atoms with E-state index in [1.54, 1.807) is 0 Å². The zero-order valence-electron chi connectivity index (χ0n) is 13.5. The molecular formula is C15H28N2O3S. The van der Waals surface area contributed by atoms with Crippen molar-refractivity contribution in [2.24, 2.45) is 11.8 Å². The number of hydrogen-bond acceptors (Lipinski definition) is 4. The molecule has 21 heavy (non-hydrogen) atoms. The molecule has 5 nitrogen and oxygen atoms in total. The van der Waals surface area contributed by atoms with Gasteiger partial charge in [-0.1, -0.05) is 27.7 Å². The molecule has 0 spiro atoms. The molecular weight excluding hydrogens is 288 g/mol.